The summed E-state index contributed by atoms with van der Waals surface area (Å²) in [7, 11) is 1.85. The molecule has 1 atom stereocenters. The van der Waals surface area contributed by atoms with Crippen molar-refractivity contribution in [2.45, 2.75) is 25.3 Å². The third-order valence-electron chi connectivity index (χ3n) is 2.46. The van der Waals surface area contributed by atoms with Gasteiger partial charge in [-0.15, -0.1) is 5.10 Å². The topological polar surface area (TPSA) is 69.9 Å². The maximum absolute atomic E-state index is 6.01. The second kappa shape index (κ2) is 4.94. The highest BCUT2D eigenvalue weighted by Gasteiger charge is 2.08. The lowest BCUT2D eigenvalue weighted by Gasteiger charge is -2.07. The Balaban J connectivity index is 1.78. The molecule has 1 unspecified atom stereocenters. The Labute approximate surface area is 94.2 Å². The molecular formula is C11H16N4O. The number of hydrogen-bond donors (Lipinski definition) is 1. The highest BCUT2D eigenvalue weighted by molar-refractivity contribution is 5.00. The number of furan rings is 1. The summed E-state index contributed by atoms with van der Waals surface area (Å²) in [6, 6.07) is 3.96. The molecule has 0 fully saturated rings. The Morgan fingerprint density at radius 1 is 1.56 bits per heavy atom. The summed E-state index contributed by atoms with van der Waals surface area (Å²) < 4.78 is 6.94. The molecule has 0 aliphatic heterocycles. The van der Waals surface area contributed by atoms with Crippen LogP contribution in [0, 0.1) is 0 Å². The van der Waals surface area contributed by atoms with Crippen LogP contribution in [0.1, 0.15) is 17.9 Å². The molecule has 0 radical (unpaired) electrons. The van der Waals surface area contributed by atoms with Gasteiger partial charge < -0.3 is 10.2 Å². The van der Waals surface area contributed by atoms with Gasteiger partial charge in [-0.3, -0.25) is 4.68 Å². The zero-order valence-corrected chi connectivity index (χ0v) is 9.34. The van der Waals surface area contributed by atoms with Crippen LogP contribution in [0.2, 0.25) is 0 Å². The van der Waals surface area contributed by atoms with Gasteiger partial charge in [0.15, 0.2) is 0 Å². The third kappa shape index (κ3) is 2.93. The molecule has 2 rings (SSSR count). The van der Waals surface area contributed by atoms with Crippen LogP contribution in [0.5, 0.6) is 0 Å². The fraction of sp³-hybridized carbons (Fsp3) is 0.455. The van der Waals surface area contributed by atoms with Gasteiger partial charge in [0.05, 0.1) is 12.0 Å². The smallest absolute Gasteiger partial charge is 0.103 e. The first-order valence-electron chi connectivity index (χ1n) is 5.37. The van der Waals surface area contributed by atoms with Crippen LogP contribution in [0.4, 0.5) is 0 Å². The molecule has 2 aromatic rings. The lowest BCUT2D eigenvalue weighted by Crippen LogP contribution is -2.23. The predicted octanol–water partition coefficient (Wildman–Crippen LogP) is 0.911. The molecule has 0 aliphatic rings. The highest BCUT2D eigenvalue weighted by Crippen LogP contribution is 2.07. The molecule has 0 aromatic carbocycles. The van der Waals surface area contributed by atoms with Crippen molar-refractivity contribution in [1.82, 2.24) is 15.0 Å². The van der Waals surface area contributed by atoms with E-state index in [1.807, 2.05) is 25.4 Å². The van der Waals surface area contributed by atoms with Crippen molar-refractivity contribution in [1.29, 1.82) is 0 Å². The van der Waals surface area contributed by atoms with Gasteiger partial charge >= 0.3 is 0 Å². The largest absolute Gasteiger partial charge is 0.469 e. The van der Waals surface area contributed by atoms with E-state index in [2.05, 4.69) is 10.3 Å². The number of hydrogen-bond acceptors (Lipinski definition) is 4. The van der Waals surface area contributed by atoms with Crippen molar-refractivity contribution in [2.24, 2.45) is 12.8 Å². The molecular weight excluding hydrogens is 204 g/mol. The molecule has 2 N–H and O–H groups in total. The van der Waals surface area contributed by atoms with Crippen molar-refractivity contribution in [3.8, 4) is 0 Å². The second-order valence-corrected chi connectivity index (χ2v) is 3.97. The van der Waals surface area contributed by atoms with E-state index >= 15 is 0 Å². The molecule has 0 aliphatic carbocycles. The van der Waals surface area contributed by atoms with Gasteiger partial charge in [0.2, 0.25) is 0 Å². The number of nitrogens with two attached hydrogens (primary N) is 1. The number of aromatic nitrogens is 3. The van der Waals surface area contributed by atoms with E-state index in [0.717, 1.165) is 30.7 Å². The minimum Gasteiger partial charge on any atom is -0.469 e. The first-order valence-corrected chi connectivity index (χ1v) is 5.37. The lowest BCUT2D eigenvalue weighted by atomic mass is 10.1. The van der Waals surface area contributed by atoms with Crippen LogP contribution in [0.3, 0.4) is 0 Å². The first kappa shape index (κ1) is 10.9. The molecule has 16 heavy (non-hydrogen) atoms. The summed E-state index contributed by atoms with van der Waals surface area (Å²) in [5.41, 5.74) is 6.95. The van der Waals surface area contributed by atoms with Crippen LogP contribution in [0.15, 0.2) is 29.0 Å². The summed E-state index contributed by atoms with van der Waals surface area (Å²) in [5, 5.41) is 7.88. The minimum atomic E-state index is 0.0989. The van der Waals surface area contributed by atoms with Crippen molar-refractivity contribution in [2.75, 3.05) is 0 Å². The number of nitrogens with zero attached hydrogens (tertiary/aromatic N) is 3. The fourth-order valence-electron chi connectivity index (χ4n) is 1.64. The summed E-state index contributed by atoms with van der Waals surface area (Å²) >= 11 is 0. The van der Waals surface area contributed by atoms with Crippen LogP contribution in [-0.2, 0) is 19.9 Å². The average Bonchev–Trinajstić information content (AvgIpc) is 2.87. The van der Waals surface area contributed by atoms with E-state index in [1.165, 1.54) is 0 Å². The monoisotopic (exact) mass is 220 g/mol. The summed E-state index contributed by atoms with van der Waals surface area (Å²) in [5.74, 6) is 0.981. The highest BCUT2D eigenvalue weighted by atomic mass is 16.3. The Bertz CT molecular complexity index is 421. The van der Waals surface area contributed by atoms with E-state index in [9.17, 15) is 0 Å². The minimum absolute atomic E-state index is 0.0989. The van der Waals surface area contributed by atoms with E-state index in [0.29, 0.717) is 0 Å². The quantitative estimate of drug-likeness (QED) is 0.813. The van der Waals surface area contributed by atoms with Crippen LogP contribution in [-0.4, -0.2) is 21.0 Å². The normalized spacial score (nSPS) is 12.9. The van der Waals surface area contributed by atoms with Crippen LogP contribution >= 0.6 is 0 Å². The van der Waals surface area contributed by atoms with Crippen LogP contribution < -0.4 is 5.73 Å². The molecule has 5 nitrogen and oxygen atoms in total. The molecule has 0 amide bonds. The molecule has 0 saturated carbocycles. The van der Waals surface area contributed by atoms with Crippen molar-refractivity contribution in [3.63, 3.8) is 0 Å². The summed E-state index contributed by atoms with van der Waals surface area (Å²) in [4.78, 5) is 0. The van der Waals surface area contributed by atoms with Gasteiger partial charge in [0.25, 0.3) is 0 Å². The Morgan fingerprint density at radius 2 is 2.44 bits per heavy atom. The lowest BCUT2D eigenvalue weighted by molar-refractivity contribution is 0.483. The van der Waals surface area contributed by atoms with E-state index in [1.54, 1.807) is 10.9 Å². The van der Waals surface area contributed by atoms with Gasteiger partial charge in [-0.1, -0.05) is 5.21 Å². The zero-order valence-electron chi connectivity index (χ0n) is 9.34. The van der Waals surface area contributed by atoms with Gasteiger partial charge in [-0.05, 0) is 18.6 Å². The second-order valence-electron chi connectivity index (χ2n) is 3.97. The van der Waals surface area contributed by atoms with Crippen molar-refractivity contribution >= 4 is 0 Å². The average molecular weight is 220 g/mol. The van der Waals surface area contributed by atoms with Crippen molar-refractivity contribution < 1.29 is 4.42 Å². The molecule has 0 spiro atoms. The molecule has 5 heteroatoms. The molecule has 2 aromatic heterocycles. The number of aryl methyl sites for hydroxylation is 2. The summed E-state index contributed by atoms with van der Waals surface area (Å²) in [6.07, 6.45) is 6.10. The fourth-order valence-corrected chi connectivity index (χ4v) is 1.64. The maximum Gasteiger partial charge on any atom is 0.103 e. The molecule has 0 bridgehead atoms. The van der Waals surface area contributed by atoms with Gasteiger partial charge in [-0.2, -0.15) is 0 Å². The first-order chi connectivity index (χ1) is 7.74. The standard InChI is InChI=1S/C11H16N4O/c1-15-8-10(13-14-15)7-9(12)4-5-11-3-2-6-16-11/h2-3,6,8-9H,4-5,7,12H2,1H3. The van der Waals surface area contributed by atoms with Crippen LogP contribution in [0.25, 0.3) is 0 Å². The van der Waals surface area contributed by atoms with Gasteiger partial charge in [0, 0.05) is 32.1 Å². The third-order valence-corrected chi connectivity index (χ3v) is 2.46. The zero-order chi connectivity index (χ0) is 11.4. The Kier molecular flexibility index (Phi) is 3.36. The van der Waals surface area contributed by atoms with Gasteiger partial charge in [0.1, 0.15) is 5.76 Å². The maximum atomic E-state index is 6.01. The van der Waals surface area contributed by atoms with E-state index < -0.39 is 0 Å². The van der Waals surface area contributed by atoms with Crippen molar-refractivity contribution in [3.05, 3.63) is 36.0 Å². The number of rotatable bonds is 5. The molecule has 0 saturated heterocycles. The van der Waals surface area contributed by atoms with Gasteiger partial charge in [-0.25, -0.2) is 0 Å². The van der Waals surface area contributed by atoms with E-state index in [-0.39, 0.29) is 6.04 Å². The van der Waals surface area contributed by atoms with E-state index in [4.69, 9.17) is 10.2 Å². The molecule has 2 heterocycles. The Hall–Kier alpha value is -1.62. The summed E-state index contributed by atoms with van der Waals surface area (Å²) in [6.45, 7) is 0. The SMILES string of the molecule is Cn1cc(CC(N)CCc2ccco2)nn1. The molecule has 86 valence electrons. The predicted molar refractivity (Wildman–Crippen MR) is 59.7 cm³/mol. The Morgan fingerprint density at radius 3 is 3.06 bits per heavy atom.